The van der Waals surface area contributed by atoms with Gasteiger partial charge in [0.1, 0.15) is 28.9 Å². The summed E-state index contributed by atoms with van der Waals surface area (Å²) in [5.74, 6) is 1.35. The van der Waals surface area contributed by atoms with Crippen molar-refractivity contribution in [2.24, 2.45) is 0 Å². The highest BCUT2D eigenvalue weighted by atomic mass is 16.5. The molecule has 0 saturated heterocycles. The Morgan fingerprint density at radius 3 is 1.91 bits per heavy atom. The third-order valence-electron chi connectivity index (χ3n) is 8.64. The number of carbonyl (C=O) groups is 1. The fraction of sp³-hybridized carbons (Fsp3) is 0.231. The van der Waals surface area contributed by atoms with E-state index in [0.29, 0.717) is 53.0 Å². The Morgan fingerprint density at radius 2 is 1.35 bits per heavy atom. The second-order valence-corrected chi connectivity index (χ2v) is 11.9. The molecule has 0 saturated carbocycles. The third kappa shape index (κ3) is 8.58. The molecule has 15 heteroatoms. The minimum absolute atomic E-state index is 0.0440. The van der Waals surface area contributed by atoms with Crippen LogP contribution in [0, 0.1) is 0 Å². The number of methoxy groups -OCH3 is 5. The first-order valence-corrected chi connectivity index (χ1v) is 16.8. The molecule has 6 aromatic rings. The first-order chi connectivity index (χ1) is 26.3. The van der Waals surface area contributed by atoms with Gasteiger partial charge in [0.15, 0.2) is 6.04 Å². The zero-order chi connectivity index (χ0) is 38.0. The zero-order valence-electron chi connectivity index (χ0n) is 30.4. The Morgan fingerprint density at radius 1 is 0.741 bits per heavy atom. The standard InChI is InChI=1S/C39H40N8O7/c1-50-28-14-12-24(13-15-28)36(35(37(48)49)44-33-20-31(42-38(45-33)53-4)25-8-6-10-29(18-25)51-2)47(17-16-27-22-40-23-41-27)34-21-32(43-39(46-34)54-5)26-9-7-11-30(19-26)52-3/h6-15,18-23,35-36H,16-17H2,1-5H3,(H,40,41)(H,48,49)(H,42,44,45). The minimum Gasteiger partial charge on any atom is -0.497 e. The summed E-state index contributed by atoms with van der Waals surface area (Å²) in [6, 6.07) is 23.4. The number of aromatic nitrogens is 6. The van der Waals surface area contributed by atoms with Gasteiger partial charge in [-0.05, 0) is 42.0 Å². The van der Waals surface area contributed by atoms with Crippen molar-refractivity contribution < 1.29 is 33.6 Å². The molecule has 0 aliphatic carbocycles. The molecule has 3 aromatic heterocycles. The summed E-state index contributed by atoms with van der Waals surface area (Å²) >= 11 is 0. The van der Waals surface area contributed by atoms with Crippen LogP contribution in [0.25, 0.3) is 22.5 Å². The van der Waals surface area contributed by atoms with Crippen molar-refractivity contribution in [2.45, 2.75) is 18.5 Å². The number of H-pyrrole nitrogens is 1. The van der Waals surface area contributed by atoms with E-state index in [0.717, 1.165) is 16.8 Å². The Balaban J connectivity index is 1.52. The van der Waals surface area contributed by atoms with Gasteiger partial charge in [0.05, 0.1) is 59.3 Å². The molecule has 0 bridgehead atoms. The summed E-state index contributed by atoms with van der Waals surface area (Å²) < 4.78 is 27.4. The second kappa shape index (κ2) is 17.1. The number of anilines is 2. The van der Waals surface area contributed by atoms with Gasteiger partial charge in [0, 0.05) is 48.1 Å². The van der Waals surface area contributed by atoms with Crippen molar-refractivity contribution in [2.75, 3.05) is 52.3 Å². The van der Waals surface area contributed by atoms with E-state index >= 15 is 0 Å². The van der Waals surface area contributed by atoms with Gasteiger partial charge in [-0.3, -0.25) is 0 Å². The fourth-order valence-corrected chi connectivity index (χ4v) is 5.95. The van der Waals surface area contributed by atoms with Crippen molar-refractivity contribution in [3.05, 3.63) is 109 Å². The van der Waals surface area contributed by atoms with E-state index in [4.69, 9.17) is 28.7 Å². The smallest absolute Gasteiger partial charge is 0.328 e. The number of aliphatic carboxylic acids is 1. The van der Waals surface area contributed by atoms with Crippen LogP contribution < -0.4 is 33.9 Å². The summed E-state index contributed by atoms with van der Waals surface area (Å²) in [6.45, 7) is 0.296. The van der Waals surface area contributed by atoms with Crippen molar-refractivity contribution >= 4 is 17.6 Å². The summed E-state index contributed by atoms with van der Waals surface area (Å²) in [5, 5.41) is 14.3. The number of benzene rings is 3. The number of carboxylic acids is 1. The van der Waals surface area contributed by atoms with E-state index in [1.807, 2.05) is 65.6 Å². The summed E-state index contributed by atoms with van der Waals surface area (Å²) in [5.41, 5.74) is 3.99. The van der Waals surface area contributed by atoms with Crippen LogP contribution in [0.5, 0.6) is 29.3 Å². The van der Waals surface area contributed by atoms with Crippen LogP contribution >= 0.6 is 0 Å². The normalized spacial score (nSPS) is 11.9. The lowest BCUT2D eigenvalue weighted by atomic mass is 9.96. The van der Waals surface area contributed by atoms with Gasteiger partial charge in [-0.15, -0.1) is 0 Å². The molecular formula is C39H40N8O7. The van der Waals surface area contributed by atoms with Crippen LogP contribution in [0.15, 0.2) is 97.5 Å². The van der Waals surface area contributed by atoms with Crippen LogP contribution in [0.3, 0.4) is 0 Å². The maximum Gasteiger partial charge on any atom is 0.328 e. The molecule has 2 unspecified atom stereocenters. The highest BCUT2D eigenvalue weighted by Gasteiger charge is 2.36. The van der Waals surface area contributed by atoms with Crippen molar-refractivity contribution in [3.8, 4) is 51.8 Å². The molecule has 54 heavy (non-hydrogen) atoms. The van der Waals surface area contributed by atoms with Crippen molar-refractivity contribution in [1.29, 1.82) is 0 Å². The largest absolute Gasteiger partial charge is 0.497 e. The lowest BCUT2D eigenvalue weighted by molar-refractivity contribution is -0.138. The Kier molecular flexibility index (Phi) is 11.7. The Hall–Kier alpha value is -6.90. The molecule has 3 N–H and O–H groups in total. The summed E-state index contributed by atoms with van der Waals surface area (Å²) in [4.78, 5) is 41.3. The molecule has 278 valence electrons. The molecule has 15 nitrogen and oxygen atoms in total. The van der Waals surface area contributed by atoms with Gasteiger partial charge < -0.3 is 44.0 Å². The number of hydrogen-bond acceptors (Lipinski definition) is 13. The van der Waals surface area contributed by atoms with Gasteiger partial charge in [-0.2, -0.15) is 19.9 Å². The summed E-state index contributed by atoms with van der Waals surface area (Å²) in [6.07, 6.45) is 3.78. The van der Waals surface area contributed by atoms with Gasteiger partial charge in [0.2, 0.25) is 0 Å². The number of ether oxygens (including phenoxy) is 5. The molecule has 3 aromatic carbocycles. The van der Waals surface area contributed by atoms with E-state index in [1.165, 1.54) is 14.2 Å². The van der Waals surface area contributed by atoms with E-state index < -0.39 is 18.1 Å². The quantitative estimate of drug-likeness (QED) is 0.104. The number of rotatable bonds is 17. The molecule has 3 heterocycles. The van der Waals surface area contributed by atoms with Crippen molar-refractivity contribution in [3.63, 3.8) is 0 Å². The zero-order valence-corrected chi connectivity index (χ0v) is 30.4. The van der Waals surface area contributed by atoms with Gasteiger partial charge in [-0.1, -0.05) is 36.4 Å². The number of nitrogens with one attached hydrogen (secondary N) is 2. The Labute approximate surface area is 312 Å². The highest BCUT2D eigenvalue weighted by molar-refractivity contribution is 5.80. The SMILES string of the molecule is COc1ccc(C(C(Nc2cc(-c3cccc(OC)c3)nc(OC)n2)C(=O)O)N(CCc2cnc[nH]2)c2cc(-c3cccc(OC)c3)nc(OC)n2)cc1. The van der Waals surface area contributed by atoms with Crippen LogP contribution in [0.1, 0.15) is 17.3 Å². The maximum absolute atomic E-state index is 13.6. The summed E-state index contributed by atoms with van der Waals surface area (Å²) in [7, 11) is 7.67. The molecule has 6 rings (SSSR count). The molecule has 0 aliphatic rings. The average Bonchev–Trinajstić information content (AvgIpc) is 3.75. The van der Waals surface area contributed by atoms with E-state index in [2.05, 4.69) is 30.2 Å². The molecular weight excluding hydrogens is 692 g/mol. The van der Waals surface area contributed by atoms with Gasteiger partial charge in [0.25, 0.3) is 0 Å². The Bertz CT molecular complexity index is 2170. The lowest BCUT2D eigenvalue weighted by Crippen LogP contribution is -2.46. The second-order valence-electron chi connectivity index (χ2n) is 11.9. The monoisotopic (exact) mass is 732 g/mol. The number of aromatic amines is 1. The van der Waals surface area contributed by atoms with E-state index in [9.17, 15) is 9.90 Å². The molecule has 0 fully saturated rings. The molecule has 2 atom stereocenters. The lowest BCUT2D eigenvalue weighted by Gasteiger charge is -2.37. The predicted octanol–water partition coefficient (Wildman–Crippen LogP) is 5.72. The maximum atomic E-state index is 13.6. The number of nitrogens with zero attached hydrogens (tertiary/aromatic N) is 6. The topological polar surface area (TPSA) is 179 Å². The van der Waals surface area contributed by atoms with Gasteiger partial charge >= 0.3 is 18.0 Å². The highest BCUT2D eigenvalue weighted by Crippen LogP contribution is 2.36. The first kappa shape index (κ1) is 36.9. The van der Waals surface area contributed by atoms with Gasteiger partial charge in [-0.25, -0.2) is 9.78 Å². The van der Waals surface area contributed by atoms with Crippen LogP contribution in [0.2, 0.25) is 0 Å². The van der Waals surface area contributed by atoms with Crippen LogP contribution in [0.4, 0.5) is 11.6 Å². The first-order valence-electron chi connectivity index (χ1n) is 16.8. The molecule has 0 radical (unpaired) electrons. The van der Waals surface area contributed by atoms with E-state index in [1.54, 1.807) is 58.1 Å². The van der Waals surface area contributed by atoms with Crippen LogP contribution in [-0.4, -0.2) is 89.1 Å². The van der Waals surface area contributed by atoms with E-state index in [-0.39, 0.29) is 17.8 Å². The fourth-order valence-electron chi connectivity index (χ4n) is 5.95. The predicted molar refractivity (Wildman–Crippen MR) is 202 cm³/mol. The number of hydrogen-bond donors (Lipinski definition) is 3. The van der Waals surface area contributed by atoms with Crippen LogP contribution in [-0.2, 0) is 11.2 Å². The molecule has 0 amide bonds. The average molecular weight is 733 g/mol. The third-order valence-corrected chi connectivity index (χ3v) is 8.64. The minimum atomic E-state index is -1.32. The number of imidazole rings is 1. The molecule has 0 spiro atoms. The molecule has 0 aliphatic heterocycles. The number of carboxylic acid groups (broad SMARTS) is 1. The van der Waals surface area contributed by atoms with Crippen molar-refractivity contribution in [1.82, 2.24) is 29.9 Å².